The van der Waals surface area contributed by atoms with Crippen molar-refractivity contribution in [3.05, 3.63) is 97.1 Å². The summed E-state index contributed by atoms with van der Waals surface area (Å²) in [6, 6.07) is 35.9. The maximum Gasteiger partial charge on any atom is -0.00199 e. The van der Waals surface area contributed by atoms with Crippen molar-refractivity contribution in [2.24, 2.45) is 0 Å². The van der Waals surface area contributed by atoms with Gasteiger partial charge in [-0.25, -0.2) is 0 Å². The Bertz CT molecular complexity index is 1700. The van der Waals surface area contributed by atoms with Gasteiger partial charge in [-0.05, 0) is 82.8 Å². The Kier molecular flexibility index (Phi) is 2.57. The summed E-state index contributed by atoms with van der Waals surface area (Å²) in [5.41, 5.74) is 0. The lowest BCUT2D eigenvalue weighted by atomic mass is 9.87. The van der Waals surface area contributed by atoms with Crippen LogP contribution in [-0.2, 0) is 0 Å². The number of benzene rings is 7. The van der Waals surface area contributed by atoms with Gasteiger partial charge >= 0.3 is 0 Å². The van der Waals surface area contributed by atoms with Crippen LogP contribution >= 0.6 is 0 Å². The van der Waals surface area contributed by atoms with E-state index in [0.717, 1.165) is 0 Å². The van der Waals surface area contributed by atoms with Gasteiger partial charge in [0.2, 0.25) is 0 Å². The van der Waals surface area contributed by atoms with Gasteiger partial charge in [0, 0.05) is 0 Å². The molecule has 128 valence electrons. The second kappa shape index (κ2) is 4.99. The SMILES string of the molecule is c1ccc2cc3c(cc2c1)cc1c2cccc4cccc(c5cccc3c51)c42. The van der Waals surface area contributed by atoms with Crippen LogP contribution in [0.15, 0.2) is 97.1 Å². The molecule has 0 saturated carbocycles. The van der Waals surface area contributed by atoms with E-state index in [1.165, 1.54) is 64.6 Å². The summed E-state index contributed by atoms with van der Waals surface area (Å²) < 4.78 is 0. The van der Waals surface area contributed by atoms with Crippen LogP contribution in [0.25, 0.3) is 64.6 Å². The number of hydrogen-bond acceptors (Lipinski definition) is 0. The Morgan fingerprint density at radius 1 is 0.286 bits per heavy atom. The van der Waals surface area contributed by atoms with Gasteiger partial charge in [-0.2, -0.15) is 0 Å². The third-order valence-electron chi connectivity index (χ3n) is 6.33. The maximum atomic E-state index is 2.40. The average Bonchev–Trinajstić information content (AvgIpc) is 2.75. The van der Waals surface area contributed by atoms with Gasteiger partial charge in [0.25, 0.3) is 0 Å². The highest BCUT2D eigenvalue weighted by molar-refractivity contribution is 6.36. The molecule has 0 atom stereocenters. The van der Waals surface area contributed by atoms with E-state index in [0.29, 0.717) is 0 Å². The van der Waals surface area contributed by atoms with E-state index < -0.39 is 0 Å². The van der Waals surface area contributed by atoms with Crippen molar-refractivity contribution in [2.45, 2.75) is 0 Å². The van der Waals surface area contributed by atoms with E-state index in [1.807, 2.05) is 0 Å². The fourth-order valence-corrected chi connectivity index (χ4v) is 5.13. The molecular weight excluding hydrogens is 336 g/mol. The molecule has 0 nitrogen and oxygen atoms in total. The van der Waals surface area contributed by atoms with Crippen molar-refractivity contribution in [3.63, 3.8) is 0 Å². The molecule has 0 radical (unpaired) electrons. The van der Waals surface area contributed by atoms with E-state index in [1.54, 1.807) is 0 Å². The summed E-state index contributed by atoms with van der Waals surface area (Å²) in [5, 5.41) is 16.1. The first-order valence-electron chi connectivity index (χ1n) is 9.79. The average molecular weight is 352 g/mol. The zero-order valence-corrected chi connectivity index (χ0v) is 15.2. The normalized spacial score (nSPS) is 12.3. The predicted molar refractivity (Wildman–Crippen MR) is 123 cm³/mol. The minimum Gasteiger partial charge on any atom is -0.0616 e. The smallest absolute Gasteiger partial charge is 0.00199 e. The summed E-state index contributed by atoms with van der Waals surface area (Å²) in [6.45, 7) is 0. The molecule has 7 aromatic carbocycles. The molecule has 7 aromatic rings. The Labute approximate surface area is 162 Å². The lowest BCUT2D eigenvalue weighted by molar-refractivity contribution is 1.79. The summed E-state index contributed by atoms with van der Waals surface area (Å²) in [7, 11) is 0. The highest BCUT2D eigenvalue weighted by Gasteiger charge is 2.14. The largest absolute Gasteiger partial charge is 0.0616 e. The molecule has 0 bridgehead atoms. The highest BCUT2D eigenvalue weighted by Crippen LogP contribution is 2.43. The van der Waals surface area contributed by atoms with Crippen LogP contribution in [0.4, 0.5) is 0 Å². The number of fused-ring (bicyclic) bond motifs is 5. The molecule has 0 aliphatic rings. The molecule has 7 rings (SSSR count). The van der Waals surface area contributed by atoms with Gasteiger partial charge in [-0.3, -0.25) is 0 Å². The van der Waals surface area contributed by atoms with Gasteiger partial charge in [0.1, 0.15) is 0 Å². The molecule has 0 aliphatic carbocycles. The van der Waals surface area contributed by atoms with Gasteiger partial charge < -0.3 is 0 Å². The van der Waals surface area contributed by atoms with Crippen molar-refractivity contribution in [2.75, 3.05) is 0 Å². The summed E-state index contributed by atoms with van der Waals surface area (Å²) in [5.74, 6) is 0. The molecule has 0 heteroatoms. The molecule has 0 N–H and O–H groups in total. The Morgan fingerprint density at radius 2 is 0.786 bits per heavy atom. The molecule has 0 spiro atoms. The monoisotopic (exact) mass is 352 g/mol. The second-order valence-corrected chi connectivity index (χ2v) is 7.78. The summed E-state index contributed by atoms with van der Waals surface area (Å²) in [4.78, 5) is 0. The summed E-state index contributed by atoms with van der Waals surface area (Å²) in [6.07, 6.45) is 0. The van der Waals surface area contributed by atoms with Gasteiger partial charge in [-0.1, -0.05) is 78.9 Å². The molecule has 0 heterocycles. The van der Waals surface area contributed by atoms with Crippen LogP contribution < -0.4 is 0 Å². The molecule has 0 aliphatic heterocycles. The maximum absolute atomic E-state index is 2.40. The van der Waals surface area contributed by atoms with Gasteiger partial charge in [0.15, 0.2) is 0 Å². The fraction of sp³-hybridized carbons (Fsp3) is 0. The summed E-state index contributed by atoms with van der Waals surface area (Å²) >= 11 is 0. The van der Waals surface area contributed by atoms with Crippen molar-refractivity contribution in [3.8, 4) is 0 Å². The van der Waals surface area contributed by atoms with Crippen LogP contribution in [0.1, 0.15) is 0 Å². The first-order valence-corrected chi connectivity index (χ1v) is 9.79. The zero-order valence-electron chi connectivity index (χ0n) is 15.2. The van der Waals surface area contributed by atoms with Crippen LogP contribution in [0.2, 0.25) is 0 Å². The lowest BCUT2D eigenvalue weighted by Crippen LogP contribution is -1.88. The zero-order chi connectivity index (χ0) is 18.2. The fourth-order valence-electron chi connectivity index (χ4n) is 5.13. The molecule has 0 saturated heterocycles. The Balaban J connectivity index is 1.86. The van der Waals surface area contributed by atoms with E-state index >= 15 is 0 Å². The highest BCUT2D eigenvalue weighted by atomic mass is 14.2. The first-order chi connectivity index (χ1) is 13.9. The Hall–Kier alpha value is -3.64. The van der Waals surface area contributed by atoms with Gasteiger partial charge in [0.05, 0.1) is 0 Å². The van der Waals surface area contributed by atoms with Crippen LogP contribution in [0, 0.1) is 0 Å². The van der Waals surface area contributed by atoms with E-state index in [2.05, 4.69) is 97.1 Å². The van der Waals surface area contributed by atoms with E-state index in [4.69, 9.17) is 0 Å². The third-order valence-corrected chi connectivity index (χ3v) is 6.33. The predicted octanol–water partition coefficient (Wildman–Crippen LogP) is 8.04. The number of hydrogen-bond donors (Lipinski definition) is 0. The van der Waals surface area contributed by atoms with Gasteiger partial charge in [-0.15, -0.1) is 0 Å². The first kappa shape index (κ1) is 14.4. The molecule has 0 amide bonds. The van der Waals surface area contributed by atoms with Crippen LogP contribution in [0.3, 0.4) is 0 Å². The van der Waals surface area contributed by atoms with Crippen molar-refractivity contribution < 1.29 is 0 Å². The van der Waals surface area contributed by atoms with Crippen molar-refractivity contribution in [1.29, 1.82) is 0 Å². The molecule has 28 heavy (non-hydrogen) atoms. The second-order valence-electron chi connectivity index (χ2n) is 7.78. The van der Waals surface area contributed by atoms with Crippen molar-refractivity contribution in [1.82, 2.24) is 0 Å². The quantitative estimate of drug-likeness (QED) is 0.191. The topological polar surface area (TPSA) is 0 Å². The lowest BCUT2D eigenvalue weighted by Gasteiger charge is -2.16. The molecule has 0 unspecified atom stereocenters. The van der Waals surface area contributed by atoms with E-state index in [-0.39, 0.29) is 0 Å². The molecular formula is C28H16. The van der Waals surface area contributed by atoms with Crippen LogP contribution in [0.5, 0.6) is 0 Å². The van der Waals surface area contributed by atoms with Crippen molar-refractivity contribution >= 4 is 64.6 Å². The molecule has 0 fully saturated rings. The standard InChI is InChI=1S/C28H16/c1-2-7-19-15-25-20(14-18(19)6-1)16-26-24-11-4-9-17-8-3-10-21(27(17)24)22-12-5-13-23(25)28(22)26/h1-16H. The van der Waals surface area contributed by atoms with E-state index in [9.17, 15) is 0 Å². The number of rotatable bonds is 0. The van der Waals surface area contributed by atoms with Crippen LogP contribution in [-0.4, -0.2) is 0 Å². The minimum absolute atomic E-state index is 1.30. The Morgan fingerprint density at radius 3 is 1.54 bits per heavy atom. The molecule has 0 aromatic heterocycles. The minimum atomic E-state index is 1.30. The third kappa shape index (κ3) is 1.70.